The lowest BCUT2D eigenvalue weighted by Crippen LogP contribution is -2.04. The van der Waals surface area contributed by atoms with Crippen LogP contribution in [0.4, 0.5) is 0 Å². The number of pyridine rings is 1. The number of aromatic carboxylic acids is 1. The van der Waals surface area contributed by atoms with Gasteiger partial charge in [0.05, 0.1) is 22.3 Å². The SMILES string of the molecule is O=C(O)c1cc(OCc2nn[nH]n2)c2c(ccn2Cc2cccc(/C=C/c3ccc4ccccc4n3)c2)c1. The van der Waals surface area contributed by atoms with Crippen molar-refractivity contribution in [3.63, 3.8) is 0 Å². The first kappa shape index (κ1) is 23.1. The molecule has 0 atom stereocenters. The summed E-state index contributed by atoms with van der Waals surface area (Å²) < 4.78 is 7.99. The molecule has 0 saturated carbocycles. The molecule has 9 heteroatoms. The zero-order valence-electron chi connectivity index (χ0n) is 20.2. The van der Waals surface area contributed by atoms with Crippen molar-refractivity contribution in [2.45, 2.75) is 13.2 Å². The zero-order valence-corrected chi connectivity index (χ0v) is 20.2. The number of para-hydroxylation sites is 1. The Balaban J connectivity index is 1.27. The highest BCUT2D eigenvalue weighted by Crippen LogP contribution is 2.30. The van der Waals surface area contributed by atoms with Crippen LogP contribution in [0.15, 0.2) is 85.1 Å². The number of ether oxygens (including phenoxy) is 1. The van der Waals surface area contributed by atoms with Crippen molar-refractivity contribution < 1.29 is 14.6 Å². The highest BCUT2D eigenvalue weighted by atomic mass is 16.5. The zero-order chi connectivity index (χ0) is 25.9. The van der Waals surface area contributed by atoms with Crippen molar-refractivity contribution in [2.75, 3.05) is 0 Å². The van der Waals surface area contributed by atoms with Crippen LogP contribution in [0.1, 0.15) is 33.0 Å². The van der Waals surface area contributed by atoms with Gasteiger partial charge in [-0.25, -0.2) is 9.78 Å². The summed E-state index contributed by atoms with van der Waals surface area (Å²) in [4.78, 5) is 16.4. The molecule has 0 saturated heterocycles. The molecule has 2 N–H and O–H groups in total. The molecule has 6 rings (SSSR count). The summed E-state index contributed by atoms with van der Waals surface area (Å²) in [5.74, 6) is -0.213. The third-order valence-corrected chi connectivity index (χ3v) is 6.19. The number of carboxylic acids is 1. The first-order valence-electron chi connectivity index (χ1n) is 12.0. The van der Waals surface area contributed by atoms with Crippen LogP contribution in [0.25, 0.3) is 34.0 Å². The number of hydrogen-bond donors (Lipinski definition) is 2. The van der Waals surface area contributed by atoms with E-state index >= 15 is 0 Å². The molecule has 0 bridgehead atoms. The molecular weight excluding hydrogens is 480 g/mol. The average Bonchev–Trinajstić information content (AvgIpc) is 3.61. The normalized spacial score (nSPS) is 11.5. The number of tetrazole rings is 1. The fourth-order valence-corrected chi connectivity index (χ4v) is 4.41. The van der Waals surface area contributed by atoms with Gasteiger partial charge in [-0.15, -0.1) is 10.2 Å². The Morgan fingerprint density at radius 3 is 2.76 bits per heavy atom. The van der Waals surface area contributed by atoms with Crippen LogP contribution in [0, 0.1) is 0 Å². The molecule has 0 aliphatic carbocycles. The van der Waals surface area contributed by atoms with Crippen LogP contribution in [0.5, 0.6) is 5.75 Å². The lowest BCUT2D eigenvalue weighted by atomic mass is 10.1. The molecule has 6 aromatic rings. The lowest BCUT2D eigenvalue weighted by Gasteiger charge is -2.12. The van der Waals surface area contributed by atoms with Gasteiger partial charge in [0, 0.05) is 23.5 Å². The molecule has 186 valence electrons. The molecule has 3 aromatic heterocycles. The third-order valence-electron chi connectivity index (χ3n) is 6.19. The molecule has 0 unspecified atom stereocenters. The summed E-state index contributed by atoms with van der Waals surface area (Å²) >= 11 is 0. The van der Waals surface area contributed by atoms with Gasteiger partial charge in [-0.05, 0) is 53.6 Å². The molecule has 0 aliphatic rings. The monoisotopic (exact) mass is 502 g/mol. The first-order valence-corrected chi connectivity index (χ1v) is 12.0. The van der Waals surface area contributed by atoms with Gasteiger partial charge in [0.2, 0.25) is 5.82 Å². The summed E-state index contributed by atoms with van der Waals surface area (Å²) in [6.07, 6.45) is 5.99. The predicted octanol–water partition coefficient (Wildman–Crippen LogP) is 5.20. The van der Waals surface area contributed by atoms with E-state index in [1.807, 2.05) is 65.4 Å². The number of carboxylic acid groups (broad SMARTS) is 1. The minimum atomic E-state index is -1.02. The topological polar surface area (TPSA) is 119 Å². The van der Waals surface area contributed by atoms with E-state index < -0.39 is 5.97 Å². The number of carbonyl (C=O) groups is 1. The minimum Gasteiger partial charge on any atom is -0.483 e. The quantitative estimate of drug-likeness (QED) is 0.294. The number of fused-ring (bicyclic) bond motifs is 2. The van der Waals surface area contributed by atoms with Crippen LogP contribution >= 0.6 is 0 Å². The van der Waals surface area contributed by atoms with Gasteiger partial charge in [-0.1, -0.05) is 53.8 Å². The van der Waals surface area contributed by atoms with E-state index in [9.17, 15) is 9.90 Å². The van der Waals surface area contributed by atoms with Crippen LogP contribution < -0.4 is 4.74 Å². The van der Waals surface area contributed by atoms with Gasteiger partial charge >= 0.3 is 5.97 Å². The Morgan fingerprint density at radius 2 is 1.89 bits per heavy atom. The van der Waals surface area contributed by atoms with E-state index in [0.29, 0.717) is 18.1 Å². The van der Waals surface area contributed by atoms with Crippen molar-refractivity contribution in [2.24, 2.45) is 0 Å². The molecule has 0 amide bonds. The number of benzene rings is 3. The molecular formula is C29H22N6O3. The second-order valence-corrected chi connectivity index (χ2v) is 8.78. The summed E-state index contributed by atoms with van der Waals surface area (Å²) in [5.41, 5.74) is 4.93. The van der Waals surface area contributed by atoms with E-state index in [-0.39, 0.29) is 12.2 Å². The Bertz CT molecular complexity index is 1790. The number of hydrogen-bond acceptors (Lipinski definition) is 6. The van der Waals surface area contributed by atoms with Crippen molar-refractivity contribution in [3.8, 4) is 5.75 Å². The highest BCUT2D eigenvalue weighted by molar-refractivity contribution is 5.96. The molecule has 0 radical (unpaired) electrons. The number of nitrogens with zero attached hydrogens (tertiary/aromatic N) is 5. The van der Waals surface area contributed by atoms with Crippen molar-refractivity contribution >= 4 is 39.9 Å². The molecule has 0 fully saturated rings. The van der Waals surface area contributed by atoms with E-state index in [4.69, 9.17) is 9.72 Å². The van der Waals surface area contributed by atoms with Crippen LogP contribution in [-0.2, 0) is 13.2 Å². The first-order chi connectivity index (χ1) is 18.6. The molecule has 38 heavy (non-hydrogen) atoms. The number of nitrogens with one attached hydrogen (secondary N) is 1. The maximum absolute atomic E-state index is 11.7. The largest absolute Gasteiger partial charge is 0.483 e. The van der Waals surface area contributed by atoms with Crippen LogP contribution in [-0.4, -0.2) is 41.3 Å². The Morgan fingerprint density at radius 1 is 0.974 bits per heavy atom. The number of H-pyrrole nitrogens is 1. The summed E-state index contributed by atoms with van der Waals surface area (Å²) in [7, 11) is 0. The van der Waals surface area contributed by atoms with Crippen molar-refractivity contribution in [1.82, 2.24) is 30.2 Å². The number of aromatic nitrogens is 6. The Labute approximate surface area is 217 Å². The summed E-state index contributed by atoms with van der Waals surface area (Å²) in [6, 6.07) is 25.4. The Hall–Kier alpha value is -5.31. The Kier molecular flexibility index (Phi) is 6.07. The minimum absolute atomic E-state index is 0.0585. The second kappa shape index (κ2) is 9.98. The summed E-state index contributed by atoms with van der Waals surface area (Å²) in [6.45, 7) is 0.632. The third kappa shape index (κ3) is 4.85. The maximum Gasteiger partial charge on any atom is 0.335 e. The van der Waals surface area contributed by atoms with E-state index in [2.05, 4.69) is 44.9 Å². The van der Waals surface area contributed by atoms with E-state index in [0.717, 1.165) is 38.6 Å². The van der Waals surface area contributed by atoms with Crippen LogP contribution in [0.3, 0.4) is 0 Å². The number of rotatable bonds is 8. The van der Waals surface area contributed by atoms with Crippen LogP contribution in [0.2, 0.25) is 0 Å². The van der Waals surface area contributed by atoms with E-state index in [1.54, 1.807) is 6.07 Å². The fraction of sp³-hybridized carbons (Fsp3) is 0.0690. The molecule has 0 aliphatic heterocycles. The molecule has 9 nitrogen and oxygen atoms in total. The lowest BCUT2D eigenvalue weighted by molar-refractivity contribution is 0.0696. The molecule has 3 heterocycles. The van der Waals surface area contributed by atoms with Gasteiger partial charge in [-0.3, -0.25) is 0 Å². The molecule has 3 aromatic carbocycles. The van der Waals surface area contributed by atoms with Crippen molar-refractivity contribution in [3.05, 3.63) is 113 Å². The standard InChI is InChI=1S/C29H22N6O3/c36-29(37)23-15-22-12-13-35(28(22)26(16-23)38-18-27-31-33-34-32-27)17-20-5-3-4-19(14-20)8-10-24-11-9-21-6-1-2-7-25(21)30-24/h1-16H,17-18H2,(H,36,37)(H,31,32,33,34)/b10-8+. The average molecular weight is 503 g/mol. The maximum atomic E-state index is 11.7. The highest BCUT2D eigenvalue weighted by Gasteiger charge is 2.15. The second-order valence-electron chi connectivity index (χ2n) is 8.78. The number of aromatic amines is 1. The van der Waals surface area contributed by atoms with Gasteiger partial charge in [0.15, 0.2) is 6.61 Å². The molecule has 0 spiro atoms. The van der Waals surface area contributed by atoms with Gasteiger partial charge in [-0.2, -0.15) is 5.21 Å². The smallest absolute Gasteiger partial charge is 0.335 e. The van der Waals surface area contributed by atoms with E-state index in [1.165, 1.54) is 6.07 Å². The fourth-order valence-electron chi connectivity index (χ4n) is 4.41. The summed E-state index contributed by atoms with van der Waals surface area (Å²) in [5, 5.41) is 25.2. The van der Waals surface area contributed by atoms with Gasteiger partial charge < -0.3 is 14.4 Å². The predicted molar refractivity (Wildman–Crippen MR) is 144 cm³/mol. The van der Waals surface area contributed by atoms with Gasteiger partial charge in [0.25, 0.3) is 0 Å². The van der Waals surface area contributed by atoms with Gasteiger partial charge in [0.1, 0.15) is 5.75 Å². The van der Waals surface area contributed by atoms with Crippen molar-refractivity contribution in [1.29, 1.82) is 0 Å².